The Labute approximate surface area is 161 Å². The van der Waals surface area contributed by atoms with Gasteiger partial charge >= 0.3 is 0 Å². The average molecular weight is 377 g/mol. The molecule has 0 unspecified atom stereocenters. The maximum atomic E-state index is 11.4. The number of halogens is 1. The van der Waals surface area contributed by atoms with E-state index in [2.05, 4.69) is 36.6 Å². The smallest absolute Gasteiger partial charge is 0.223 e. The molecule has 25 heavy (non-hydrogen) atoms. The number of hydrogen-bond acceptors (Lipinski definition) is 2. The van der Waals surface area contributed by atoms with E-state index in [4.69, 9.17) is 12.2 Å². The Balaban J connectivity index is 0.00000312. The van der Waals surface area contributed by atoms with Gasteiger partial charge in [0, 0.05) is 31.0 Å². The third-order valence-electron chi connectivity index (χ3n) is 3.82. The number of carbonyl (C=O) groups is 1. The minimum absolute atomic E-state index is 0. The molecule has 0 atom stereocenters. The fourth-order valence-corrected chi connectivity index (χ4v) is 2.43. The molecule has 0 heterocycles. The van der Waals surface area contributed by atoms with E-state index < -0.39 is 0 Å². The summed E-state index contributed by atoms with van der Waals surface area (Å²) in [5.74, 6) is 0.508. The first-order chi connectivity index (χ1) is 11.4. The first-order valence-electron chi connectivity index (χ1n) is 7.89. The van der Waals surface area contributed by atoms with Crippen molar-refractivity contribution in [1.82, 2.24) is 0 Å². The lowest BCUT2D eigenvalue weighted by atomic mass is 10.0. The van der Waals surface area contributed by atoms with Gasteiger partial charge < -0.3 is 27.9 Å². The van der Waals surface area contributed by atoms with Gasteiger partial charge in [-0.05, 0) is 60.1 Å². The second-order valence-corrected chi connectivity index (χ2v) is 6.39. The van der Waals surface area contributed by atoms with Gasteiger partial charge in [0.05, 0.1) is 0 Å². The lowest BCUT2D eigenvalue weighted by molar-refractivity contribution is -0.116. The highest BCUT2D eigenvalue weighted by molar-refractivity contribution is 7.80. The molecule has 0 saturated carbocycles. The molecule has 0 bridgehead atoms. The number of nitrogens with zero attached hydrogens (tertiary/aromatic N) is 1. The van der Waals surface area contributed by atoms with E-state index in [1.54, 1.807) is 11.9 Å². The largest absolute Gasteiger partial charge is 1.00 e. The molecule has 0 saturated heterocycles. The summed E-state index contributed by atoms with van der Waals surface area (Å²) >= 11 is 5.34. The van der Waals surface area contributed by atoms with Gasteiger partial charge in [-0.2, -0.15) is 0 Å². The van der Waals surface area contributed by atoms with Gasteiger partial charge in [0.25, 0.3) is 0 Å². The minimum atomic E-state index is -0.00209. The molecular weight excluding hydrogens is 354 g/mol. The van der Waals surface area contributed by atoms with Crippen LogP contribution in [0.3, 0.4) is 0 Å². The molecule has 0 aliphatic carbocycles. The van der Waals surface area contributed by atoms with Gasteiger partial charge in [-0.15, -0.1) is 0 Å². The van der Waals surface area contributed by atoms with Crippen LogP contribution in [0.25, 0.3) is 0 Å². The van der Waals surface area contributed by atoms with E-state index in [1.807, 2.05) is 36.4 Å². The molecule has 0 aliphatic heterocycles. The fraction of sp³-hybridized carbons (Fsp3) is 0.263. The van der Waals surface area contributed by atoms with E-state index in [-0.39, 0.29) is 18.3 Å². The zero-order valence-corrected chi connectivity index (χ0v) is 16.4. The molecule has 0 spiro atoms. The molecule has 6 heteroatoms. The molecule has 2 N–H and O–H groups in total. The van der Waals surface area contributed by atoms with Crippen LogP contribution in [0.2, 0.25) is 0 Å². The normalized spacial score (nSPS) is 9.96. The fourth-order valence-electron chi connectivity index (χ4n) is 2.19. The molecular formula is C19H23ClN3OS-. The van der Waals surface area contributed by atoms with Crippen molar-refractivity contribution in [1.29, 1.82) is 0 Å². The van der Waals surface area contributed by atoms with Crippen LogP contribution in [0, 0.1) is 0 Å². The average Bonchev–Trinajstić information content (AvgIpc) is 2.55. The van der Waals surface area contributed by atoms with Crippen LogP contribution >= 0.6 is 12.2 Å². The summed E-state index contributed by atoms with van der Waals surface area (Å²) in [5, 5.41) is 6.84. The number of thiocarbonyl (C=S) groups is 1. The molecule has 0 aliphatic rings. The number of rotatable bonds is 4. The van der Waals surface area contributed by atoms with E-state index >= 15 is 0 Å². The van der Waals surface area contributed by atoms with Gasteiger partial charge in [0.15, 0.2) is 5.11 Å². The van der Waals surface area contributed by atoms with Crippen LogP contribution < -0.4 is 27.9 Å². The van der Waals surface area contributed by atoms with Gasteiger partial charge in [-0.3, -0.25) is 4.79 Å². The molecule has 0 aromatic heterocycles. The van der Waals surface area contributed by atoms with Gasteiger partial charge in [-0.1, -0.05) is 26.0 Å². The third kappa shape index (κ3) is 6.03. The SMILES string of the molecule is CC(=O)N(C)c1ccc(NC(=S)Nc2ccc(C(C)C)cc2)cc1.[Cl-]. The summed E-state index contributed by atoms with van der Waals surface area (Å²) < 4.78 is 0. The number of carbonyl (C=O) groups excluding carboxylic acids is 1. The molecule has 134 valence electrons. The first kappa shape index (κ1) is 20.9. The molecule has 0 radical (unpaired) electrons. The Morgan fingerprint density at radius 1 is 0.960 bits per heavy atom. The number of benzene rings is 2. The lowest BCUT2D eigenvalue weighted by Crippen LogP contribution is -3.00. The number of nitrogens with one attached hydrogen (secondary N) is 2. The Morgan fingerprint density at radius 3 is 1.80 bits per heavy atom. The molecule has 1 amide bonds. The van der Waals surface area contributed by atoms with Crippen LogP contribution in [0.1, 0.15) is 32.3 Å². The third-order valence-corrected chi connectivity index (χ3v) is 4.02. The van der Waals surface area contributed by atoms with Crippen molar-refractivity contribution in [3.63, 3.8) is 0 Å². The van der Waals surface area contributed by atoms with Crippen molar-refractivity contribution in [3.05, 3.63) is 54.1 Å². The van der Waals surface area contributed by atoms with Crippen molar-refractivity contribution >= 4 is 40.3 Å². The zero-order valence-electron chi connectivity index (χ0n) is 14.8. The molecule has 0 fully saturated rings. The monoisotopic (exact) mass is 376 g/mol. The van der Waals surface area contributed by atoms with Crippen LogP contribution in [0.4, 0.5) is 17.1 Å². The van der Waals surface area contributed by atoms with Crippen molar-refractivity contribution in [3.8, 4) is 0 Å². The molecule has 4 nitrogen and oxygen atoms in total. The van der Waals surface area contributed by atoms with Gasteiger partial charge in [0.1, 0.15) is 0 Å². The zero-order chi connectivity index (χ0) is 17.7. The van der Waals surface area contributed by atoms with E-state index in [1.165, 1.54) is 12.5 Å². The predicted molar refractivity (Wildman–Crippen MR) is 106 cm³/mol. The highest BCUT2D eigenvalue weighted by Gasteiger charge is 2.06. The topological polar surface area (TPSA) is 44.4 Å². The minimum Gasteiger partial charge on any atom is -1.00 e. The summed E-state index contributed by atoms with van der Waals surface area (Å²) in [5.41, 5.74) is 3.96. The summed E-state index contributed by atoms with van der Waals surface area (Å²) in [4.78, 5) is 12.9. The van der Waals surface area contributed by atoms with Crippen molar-refractivity contribution in [2.45, 2.75) is 26.7 Å². The Kier molecular flexibility index (Phi) is 7.87. The van der Waals surface area contributed by atoms with Crippen LogP contribution in [-0.4, -0.2) is 18.1 Å². The van der Waals surface area contributed by atoms with Crippen molar-refractivity contribution in [2.24, 2.45) is 0 Å². The van der Waals surface area contributed by atoms with Crippen LogP contribution in [0.5, 0.6) is 0 Å². The first-order valence-corrected chi connectivity index (χ1v) is 8.30. The van der Waals surface area contributed by atoms with Crippen LogP contribution in [0.15, 0.2) is 48.5 Å². The van der Waals surface area contributed by atoms with Crippen molar-refractivity contribution in [2.75, 3.05) is 22.6 Å². The molecule has 2 aromatic carbocycles. The van der Waals surface area contributed by atoms with E-state index in [0.29, 0.717) is 11.0 Å². The van der Waals surface area contributed by atoms with Gasteiger partial charge in [0.2, 0.25) is 5.91 Å². The van der Waals surface area contributed by atoms with Crippen molar-refractivity contribution < 1.29 is 17.2 Å². The van der Waals surface area contributed by atoms with E-state index in [0.717, 1.165) is 17.1 Å². The summed E-state index contributed by atoms with van der Waals surface area (Å²) in [7, 11) is 1.75. The van der Waals surface area contributed by atoms with Crippen LogP contribution in [-0.2, 0) is 4.79 Å². The number of amides is 1. The summed E-state index contributed by atoms with van der Waals surface area (Å²) in [6, 6.07) is 15.8. The lowest BCUT2D eigenvalue weighted by Gasteiger charge is -2.16. The van der Waals surface area contributed by atoms with Gasteiger partial charge in [-0.25, -0.2) is 0 Å². The second-order valence-electron chi connectivity index (χ2n) is 5.98. The summed E-state index contributed by atoms with van der Waals surface area (Å²) in [6.45, 7) is 5.87. The second kappa shape index (κ2) is 9.39. The molecule has 2 rings (SSSR count). The number of hydrogen-bond donors (Lipinski definition) is 2. The highest BCUT2D eigenvalue weighted by Crippen LogP contribution is 2.19. The Morgan fingerprint density at radius 2 is 1.40 bits per heavy atom. The quantitative estimate of drug-likeness (QED) is 0.796. The maximum Gasteiger partial charge on any atom is 0.223 e. The maximum absolute atomic E-state index is 11.4. The predicted octanol–water partition coefficient (Wildman–Crippen LogP) is 1.61. The van der Waals surface area contributed by atoms with E-state index in [9.17, 15) is 4.79 Å². The standard InChI is InChI=1S/C19H23N3OS.ClH/c1-13(2)15-5-7-16(8-6-15)20-19(24)21-17-9-11-18(12-10-17)22(4)14(3)23;/h5-13H,1-4H3,(H2,20,21,24);1H/p-1. The highest BCUT2D eigenvalue weighted by atomic mass is 35.5. The summed E-state index contributed by atoms with van der Waals surface area (Å²) in [6.07, 6.45) is 0. The number of anilines is 3. The Hall–Kier alpha value is -2.11. The Bertz CT molecular complexity index is 714. The molecule has 2 aromatic rings.